The predicted octanol–water partition coefficient (Wildman–Crippen LogP) is 3.80. The summed E-state index contributed by atoms with van der Waals surface area (Å²) in [5.74, 6) is 1.07. The molecule has 1 saturated carbocycles. The van der Waals surface area contributed by atoms with Crippen LogP contribution < -0.4 is 10.1 Å². The second kappa shape index (κ2) is 4.29. The Morgan fingerprint density at radius 1 is 1.35 bits per heavy atom. The number of rotatable bonds is 1. The van der Waals surface area contributed by atoms with E-state index in [0.717, 1.165) is 16.6 Å². The van der Waals surface area contributed by atoms with Crippen LogP contribution in [0.2, 0.25) is 0 Å². The van der Waals surface area contributed by atoms with Crippen molar-refractivity contribution in [2.45, 2.75) is 43.7 Å². The van der Waals surface area contributed by atoms with Crippen molar-refractivity contribution in [2.75, 3.05) is 7.05 Å². The van der Waals surface area contributed by atoms with Gasteiger partial charge in [-0.15, -0.1) is 0 Å². The van der Waals surface area contributed by atoms with E-state index in [4.69, 9.17) is 4.74 Å². The molecule has 1 aliphatic carbocycles. The lowest BCUT2D eigenvalue weighted by Gasteiger charge is -2.40. The maximum absolute atomic E-state index is 6.31. The van der Waals surface area contributed by atoms with E-state index in [1.807, 2.05) is 7.05 Å². The summed E-state index contributed by atoms with van der Waals surface area (Å²) in [5, 5.41) is 3.44. The van der Waals surface area contributed by atoms with Gasteiger partial charge in [-0.3, -0.25) is 0 Å². The summed E-state index contributed by atoms with van der Waals surface area (Å²) in [6, 6.07) is 6.77. The number of hydrogen-bond donors (Lipinski definition) is 1. The SMILES string of the molecule is CNC1CC2(CCCC2)Oc2ccc(Br)cc21. The summed E-state index contributed by atoms with van der Waals surface area (Å²) < 4.78 is 7.43. The highest BCUT2D eigenvalue weighted by Crippen LogP contribution is 2.47. The molecule has 1 spiro atoms. The molecule has 3 heteroatoms. The average Bonchev–Trinajstić information content (AvgIpc) is 2.77. The van der Waals surface area contributed by atoms with Crippen molar-refractivity contribution in [3.8, 4) is 5.75 Å². The van der Waals surface area contributed by atoms with Crippen molar-refractivity contribution < 1.29 is 4.74 Å². The minimum absolute atomic E-state index is 0.106. The Labute approximate surface area is 111 Å². The topological polar surface area (TPSA) is 21.3 Å². The molecule has 1 fully saturated rings. The zero-order valence-electron chi connectivity index (χ0n) is 10.1. The molecule has 2 aliphatic rings. The van der Waals surface area contributed by atoms with Crippen LogP contribution in [-0.4, -0.2) is 12.6 Å². The highest BCUT2D eigenvalue weighted by atomic mass is 79.9. The largest absolute Gasteiger partial charge is 0.487 e. The molecule has 0 radical (unpaired) electrons. The van der Waals surface area contributed by atoms with Gasteiger partial charge in [-0.2, -0.15) is 0 Å². The van der Waals surface area contributed by atoms with Crippen molar-refractivity contribution in [1.82, 2.24) is 5.32 Å². The first-order valence-electron chi connectivity index (χ1n) is 6.38. The van der Waals surface area contributed by atoms with Gasteiger partial charge in [0.2, 0.25) is 0 Å². The van der Waals surface area contributed by atoms with Crippen LogP contribution in [0.3, 0.4) is 0 Å². The number of nitrogens with one attached hydrogen (secondary N) is 1. The fourth-order valence-electron chi connectivity index (χ4n) is 3.22. The molecule has 1 aromatic carbocycles. The summed E-state index contributed by atoms with van der Waals surface area (Å²) in [7, 11) is 2.04. The average molecular weight is 296 g/mol. The summed E-state index contributed by atoms with van der Waals surface area (Å²) in [6.45, 7) is 0. The third-order valence-corrected chi connectivity index (χ3v) is 4.61. The zero-order valence-corrected chi connectivity index (χ0v) is 11.7. The van der Waals surface area contributed by atoms with Crippen molar-refractivity contribution in [2.24, 2.45) is 0 Å². The van der Waals surface area contributed by atoms with Gasteiger partial charge in [0.25, 0.3) is 0 Å². The van der Waals surface area contributed by atoms with Crippen LogP contribution in [0.15, 0.2) is 22.7 Å². The molecule has 1 N–H and O–H groups in total. The first-order chi connectivity index (χ1) is 8.22. The van der Waals surface area contributed by atoms with E-state index < -0.39 is 0 Å². The Kier molecular flexibility index (Phi) is 2.91. The number of ether oxygens (including phenoxy) is 1. The molecule has 17 heavy (non-hydrogen) atoms. The molecular weight excluding hydrogens is 278 g/mol. The van der Waals surface area contributed by atoms with Crippen LogP contribution in [-0.2, 0) is 0 Å². The molecule has 1 atom stereocenters. The van der Waals surface area contributed by atoms with Gasteiger partial charge in [0, 0.05) is 22.5 Å². The lowest BCUT2D eigenvalue weighted by atomic mass is 9.86. The molecule has 1 heterocycles. The number of hydrogen-bond acceptors (Lipinski definition) is 2. The smallest absolute Gasteiger partial charge is 0.125 e. The van der Waals surface area contributed by atoms with Gasteiger partial charge < -0.3 is 10.1 Å². The Balaban J connectivity index is 2.00. The standard InChI is InChI=1S/C14H18BrNO/c1-16-12-9-14(6-2-3-7-14)17-13-5-4-10(15)8-11(12)13/h4-5,8,12,16H,2-3,6-7,9H2,1H3. The van der Waals surface area contributed by atoms with Gasteiger partial charge >= 0.3 is 0 Å². The van der Waals surface area contributed by atoms with E-state index in [9.17, 15) is 0 Å². The van der Waals surface area contributed by atoms with Gasteiger partial charge in [-0.25, -0.2) is 0 Å². The molecule has 1 aliphatic heterocycles. The summed E-state index contributed by atoms with van der Waals surface area (Å²) in [5.41, 5.74) is 1.40. The lowest BCUT2D eigenvalue weighted by molar-refractivity contribution is 0.0379. The quantitative estimate of drug-likeness (QED) is 0.851. The number of halogens is 1. The normalized spacial score (nSPS) is 25.6. The summed E-state index contributed by atoms with van der Waals surface area (Å²) >= 11 is 3.54. The molecule has 1 unspecified atom stereocenters. The number of benzene rings is 1. The van der Waals surface area contributed by atoms with Crippen LogP contribution in [0.1, 0.15) is 43.7 Å². The van der Waals surface area contributed by atoms with Gasteiger partial charge in [-0.05, 0) is 50.9 Å². The van der Waals surface area contributed by atoms with Crippen molar-refractivity contribution in [1.29, 1.82) is 0 Å². The van der Waals surface area contributed by atoms with E-state index >= 15 is 0 Å². The van der Waals surface area contributed by atoms with Gasteiger partial charge in [0.1, 0.15) is 11.4 Å². The first kappa shape index (κ1) is 11.5. The first-order valence-corrected chi connectivity index (χ1v) is 7.17. The van der Waals surface area contributed by atoms with E-state index in [0.29, 0.717) is 6.04 Å². The fourth-order valence-corrected chi connectivity index (χ4v) is 3.60. The van der Waals surface area contributed by atoms with E-state index in [-0.39, 0.29) is 5.60 Å². The molecule has 3 rings (SSSR count). The number of fused-ring (bicyclic) bond motifs is 1. The van der Waals surface area contributed by atoms with E-state index in [1.54, 1.807) is 0 Å². The Hall–Kier alpha value is -0.540. The highest BCUT2D eigenvalue weighted by molar-refractivity contribution is 9.10. The molecule has 0 bridgehead atoms. The van der Waals surface area contributed by atoms with Crippen LogP contribution in [0.5, 0.6) is 5.75 Å². The van der Waals surface area contributed by atoms with E-state index in [2.05, 4.69) is 39.4 Å². The predicted molar refractivity (Wildman–Crippen MR) is 72.4 cm³/mol. The monoisotopic (exact) mass is 295 g/mol. The highest BCUT2D eigenvalue weighted by Gasteiger charge is 2.42. The zero-order chi connectivity index (χ0) is 11.9. The van der Waals surface area contributed by atoms with Crippen LogP contribution in [0.25, 0.3) is 0 Å². The minimum atomic E-state index is 0.106. The van der Waals surface area contributed by atoms with Gasteiger partial charge in [0.15, 0.2) is 0 Å². The Morgan fingerprint density at radius 3 is 2.82 bits per heavy atom. The molecular formula is C14H18BrNO. The molecule has 1 aromatic rings. The van der Waals surface area contributed by atoms with Crippen molar-refractivity contribution in [3.63, 3.8) is 0 Å². The molecule has 0 amide bonds. The molecule has 92 valence electrons. The van der Waals surface area contributed by atoms with Crippen LogP contribution in [0.4, 0.5) is 0 Å². The third kappa shape index (κ3) is 2.00. The fraction of sp³-hybridized carbons (Fsp3) is 0.571. The third-order valence-electron chi connectivity index (χ3n) is 4.11. The maximum atomic E-state index is 6.31. The second-order valence-electron chi connectivity index (χ2n) is 5.22. The van der Waals surface area contributed by atoms with Crippen molar-refractivity contribution in [3.05, 3.63) is 28.2 Å². The van der Waals surface area contributed by atoms with Crippen LogP contribution >= 0.6 is 15.9 Å². The van der Waals surface area contributed by atoms with E-state index in [1.165, 1.54) is 31.2 Å². The Bertz CT molecular complexity index is 426. The molecule has 0 aromatic heterocycles. The maximum Gasteiger partial charge on any atom is 0.125 e. The van der Waals surface area contributed by atoms with Crippen molar-refractivity contribution >= 4 is 15.9 Å². The molecule has 2 nitrogen and oxygen atoms in total. The van der Waals surface area contributed by atoms with Crippen LogP contribution in [0, 0.1) is 0 Å². The van der Waals surface area contributed by atoms with Gasteiger partial charge in [0.05, 0.1) is 0 Å². The summed E-state index contributed by atoms with van der Waals surface area (Å²) in [4.78, 5) is 0. The minimum Gasteiger partial charge on any atom is -0.487 e. The second-order valence-corrected chi connectivity index (χ2v) is 6.14. The Morgan fingerprint density at radius 2 is 2.12 bits per heavy atom. The molecule has 0 saturated heterocycles. The van der Waals surface area contributed by atoms with Gasteiger partial charge in [-0.1, -0.05) is 15.9 Å². The summed E-state index contributed by atoms with van der Waals surface area (Å²) in [6.07, 6.45) is 6.14. The lowest BCUT2D eigenvalue weighted by Crippen LogP contribution is -2.41.